The first-order valence-electron chi connectivity index (χ1n) is 10.6. The highest BCUT2D eigenvalue weighted by molar-refractivity contribution is 8.18. The Hall–Kier alpha value is -3.80. The normalized spacial score (nSPS) is 15.7. The first kappa shape index (κ1) is 25.3. The zero-order valence-electron chi connectivity index (χ0n) is 19.4. The second-order valence-corrected chi connectivity index (χ2v) is 10.2. The van der Waals surface area contributed by atoms with Gasteiger partial charge in [-0.25, -0.2) is 18.5 Å². The predicted molar refractivity (Wildman–Crippen MR) is 139 cm³/mol. The number of aliphatic imine (C=N–C) groups is 1. The maximum absolute atomic E-state index is 12.5. The summed E-state index contributed by atoms with van der Waals surface area (Å²) in [5.41, 5.74) is 2.18. The molecule has 0 aromatic heterocycles. The van der Waals surface area contributed by atoms with Gasteiger partial charge < -0.3 is 19.5 Å². The van der Waals surface area contributed by atoms with Gasteiger partial charge in [-0.1, -0.05) is 18.2 Å². The van der Waals surface area contributed by atoms with Crippen molar-refractivity contribution in [3.05, 3.63) is 82.8 Å². The van der Waals surface area contributed by atoms with E-state index >= 15 is 0 Å². The van der Waals surface area contributed by atoms with Crippen LogP contribution in [0.1, 0.15) is 11.1 Å². The first-order valence-corrected chi connectivity index (χ1v) is 13.0. The Morgan fingerprint density at radius 3 is 2.47 bits per heavy atom. The number of nitrogens with one attached hydrogen (secondary N) is 1. The van der Waals surface area contributed by atoms with E-state index in [1.54, 1.807) is 32.4 Å². The van der Waals surface area contributed by atoms with Crippen LogP contribution in [-0.2, 0) is 21.4 Å². The summed E-state index contributed by atoms with van der Waals surface area (Å²) >= 11 is 1.17. The quantitative estimate of drug-likeness (QED) is 0.428. The average Bonchev–Trinajstić information content (AvgIpc) is 3.21. The molecule has 11 heteroatoms. The monoisotopic (exact) mass is 525 g/mol. The van der Waals surface area contributed by atoms with E-state index in [9.17, 15) is 13.2 Å². The number of sulfonamides is 1. The zero-order chi connectivity index (χ0) is 25.7. The first-order chi connectivity index (χ1) is 17.2. The molecule has 0 atom stereocenters. The third kappa shape index (κ3) is 6.25. The van der Waals surface area contributed by atoms with E-state index in [2.05, 4.69) is 10.3 Å². The van der Waals surface area contributed by atoms with E-state index < -0.39 is 10.0 Å². The molecule has 0 radical (unpaired) electrons. The van der Waals surface area contributed by atoms with E-state index in [0.717, 1.165) is 16.9 Å². The Morgan fingerprint density at radius 1 is 1.00 bits per heavy atom. The topological polar surface area (TPSA) is 129 Å². The highest BCUT2D eigenvalue weighted by Gasteiger charge is 2.24. The number of amides is 1. The largest absolute Gasteiger partial charge is 0.497 e. The van der Waals surface area contributed by atoms with E-state index in [4.69, 9.17) is 19.3 Å². The predicted octanol–water partition coefficient (Wildman–Crippen LogP) is 3.82. The third-order valence-corrected chi connectivity index (χ3v) is 6.90. The number of hydrogen-bond donors (Lipinski definition) is 2. The standard InChI is InChI=1S/C25H23N3O6S2/c1-32-19-5-3-4-17(12-19)15-34-21-11-6-16(13-22(21)33-2)14-23-24(29)28-25(35-23)27-18-7-9-20(10-8-18)36(26,30)31/h3-14H,15H2,1-2H3,(H2,26,30,31)(H,27,28,29)/b23-14+. The summed E-state index contributed by atoms with van der Waals surface area (Å²) in [7, 11) is -0.623. The van der Waals surface area contributed by atoms with Gasteiger partial charge in [0.05, 0.1) is 29.7 Å². The Bertz CT molecular complexity index is 1450. The van der Waals surface area contributed by atoms with Gasteiger partial charge >= 0.3 is 0 Å². The number of nitrogens with two attached hydrogens (primary N) is 1. The fraction of sp³-hybridized carbons (Fsp3) is 0.120. The van der Waals surface area contributed by atoms with Crippen LogP contribution in [0.5, 0.6) is 17.2 Å². The Balaban J connectivity index is 1.47. The molecule has 3 aromatic rings. The van der Waals surface area contributed by atoms with Crippen LogP contribution in [0, 0.1) is 0 Å². The molecule has 9 nitrogen and oxygen atoms in total. The Labute approximate surface area is 213 Å². The molecule has 3 aromatic carbocycles. The van der Waals surface area contributed by atoms with Gasteiger partial charge in [0.2, 0.25) is 10.0 Å². The molecule has 1 amide bonds. The van der Waals surface area contributed by atoms with Crippen LogP contribution in [0.25, 0.3) is 6.08 Å². The molecule has 1 saturated heterocycles. The maximum atomic E-state index is 12.5. The van der Waals surface area contributed by atoms with Gasteiger partial charge in [0.1, 0.15) is 12.4 Å². The fourth-order valence-electron chi connectivity index (χ4n) is 3.28. The van der Waals surface area contributed by atoms with Gasteiger partial charge in [0, 0.05) is 0 Å². The van der Waals surface area contributed by atoms with Crippen molar-refractivity contribution in [3.63, 3.8) is 0 Å². The second kappa shape index (κ2) is 10.9. The molecule has 0 aliphatic carbocycles. The molecule has 186 valence electrons. The Kier molecular flexibility index (Phi) is 7.63. The van der Waals surface area contributed by atoms with Gasteiger partial charge in [-0.2, -0.15) is 0 Å². The number of primary sulfonamides is 1. The molecule has 0 unspecified atom stereocenters. The molecular formula is C25H23N3O6S2. The molecule has 3 N–H and O–H groups in total. The number of amidine groups is 1. The summed E-state index contributed by atoms with van der Waals surface area (Å²) in [6.45, 7) is 0.338. The average molecular weight is 526 g/mol. The lowest BCUT2D eigenvalue weighted by Gasteiger charge is -2.12. The summed E-state index contributed by atoms with van der Waals surface area (Å²) < 4.78 is 39.4. The second-order valence-electron chi connectivity index (χ2n) is 7.57. The molecule has 1 heterocycles. The van der Waals surface area contributed by atoms with Gasteiger partial charge in [0.25, 0.3) is 5.91 Å². The lowest BCUT2D eigenvalue weighted by atomic mass is 10.2. The number of ether oxygens (including phenoxy) is 3. The number of methoxy groups -OCH3 is 2. The minimum absolute atomic E-state index is 0.0139. The van der Waals surface area contributed by atoms with Crippen LogP contribution in [0.4, 0.5) is 5.69 Å². The van der Waals surface area contributed by atoms with Gasteiger partial charge in [-0.15, -0.1) is 0 Å². The molecule has 36 heavy (non-hydrogen) atoms. The molecule has 0 saturated carbocycles. The summed E-state index contributed by atoms with van der Waals surface area (Å²) in [6, 6.07) is 18.7. The van der Waals surface area contributed by atoms with E-state index in [1.165, 1.54) is 36.0 Å². The van der Waals surface area contributed by atoms with Crippen LogP contribution < -0.4 is 24.7 Å². The number of benzene rings is 3. The number of hydrogen-bond acceptors (Lipinski definition) is 8. The van der Waals surface area contributed by atoms with Crippen molar-refractivity contribution >= 4 is 44.6 Å². The highest BCUT2D eigenvalue weighted by Crippen LogP contribution is 2.33. The van der Waals surface area contributed by atoms with Crippen molar-refractivity contribution in [2.45, 2.75) is 11.5 Å². The number of thioether (sulfide) groups is 1. The van der Waals surface area contributed by atoms with Crippen molar-refractivity contribution in [1.82, 2.24) is 5.32 Å². The summed E-state index contributed by atoms with van der Waals surface area (Å²) in [5, 5.41) is 8.19. The van der Waals surface area contributed by atoms with Crippen LogP contribution in [0.2, 0.25) is 0 Å². The highest BCUT2D eigenvalue weighted by atomic mass is 32.2. The Morgan fingerprint density at radius 2 is 1.78 bits per heavy atom. The number of carbonyl (C=O) groups excluding carboxylic acids is 1. The van der Waals surface area contributed by atoms with Gasteiger partial charge in [-0.05, 0) is 77.5 Å². The van der Waals surface area contributed by atoms with Crippen molar-refractivity contribution in [1.29, 1.82) is 0 Å². The summed E-state index contributed by atoms with van der Waals surface area (Å²) in [4.78, 5) is 17.2. The van der Waals surface area contributed by atoms with Crippen LogP contribution in [0.15, 0.2) is 81.5 Å². The van der Waals surface area contributed by atoms with Crippen molar-refractivity contribution in [2.24, 2.45) is 10.1 Å². The lowest BCUT2D eigenvalue weighted by molar-refractivity contribution is -0.115. The van der Waals surface area contributed by atoms with Crippen molar-refractivity contribution in [3.8, 4) is 17.2 Å². The molecule has 1 aliphatic rings. The van der Waals surface area contributed by atoms with Crippen LogP contribution in [0.3, 0.4) is 0 Å². The van der Waals surface area contributed by atoms with E-state index in [1.807, 2.05) is 30.3 Å². The molecule has 1 fully saturated rings. The number of rotatable bonds is 8. The molecule has 0 bridgehead atoms. The fourth-order valence-corrected chi connectivity index (χ4v) is 4.63. The minimum atomic E-state index is -3.79. The molecule has 0 spiro atoms. The van der Waals surface area contributed by atoms with E-state index in [0.29, 0.717) is 33.9 Å². The van der Waals surface area contributed by atoms with Gasteiger partial charge in [0.15, 0.2) is 16.7 Å². The lowest BCUT2D eigenvalue weighted by Crippen LogP contribution is -2.19. The minimum Gasteiger partial charge on any atom is -0.497 e. The van der Waals surface area contributed by atoms with E-state index in [-0.39, 0.29) is 10.8 Å². The zero-order valence-corrected chi connectivity index (χ0v) is 21.1. The van der Waals surface area contributed by atoms with Crippen molar-refractivity contribution < 1.29 is 27.4 Å². The molecule has 1 aliphatic heterocycles. The van der Waals surface area contributed by atoms with Crippen molar-refractivity contribution in [2.75, 3.05) is 14.2 Å². The number of nitrogens with zero attached hydrogens (tertiary/aromatic N) is 1. The number of carbonyl (C=O) groups is 1. The summed E-state index contributed by atoms with van der Waals surface area (Å²) in [6.07, 6.45) is 1.72. The SMILES string of the molecule is COc1cccc(COc2ccc(/C=C3/SC(=Nc4ccc(S(N)(=O)=O)cc4)NC3=O)cc2OC)c1. The van der Waals surface area contributed by atoms with Crippen LogP contribution in [-0.4, -0.2) is 33.7 Å². The third-order valence-electron chi connectivity index (χ3n) is 5.06. The summed E-state index contributed by atoms with van der Waals surface area (Å²) in [5.74, 6) is 1.55. The maximum Gasteiger partial charge on any atom is 0.264 e. The smallest absolute Gasteiger partial charge is 0.264 e. The van der Waals surface area contributed by atoms with Crippen LogP contribution >= 0.6 is 11.8 Å². The molecular weight excluding hydrogens is 502 g/mol. The van der Waals surface area contributed by atoms with Gasteiger partial charge in [-0.3, -0.25) is 4.79 Å². The molecule has 4 rings (SSSR count).